The minimum Gasteiger partial charge on any atom is -0.342 e. The molecule has 1 aliphatic heterocycles. The number of fused-ring (bicyclic) bond motifs is 1. The summed E-state index contributed by atoms with van der Waals surface area (Å²) in [5.41, 5.74) is 4.93. The van der Waals surface area contributed by atoms with Gasteiger partial charge in [0.2, 0.25) is 5.91 Å². The summed E-state index contributed by atoms with van der Waals surface area (Å²) in [7, 11) is 4.10. The fourth-order valence-electron chi connectivity index (χ4n) is 3.85. The zero-order valence-electron chi connectivity index (χ0n) is 17.4. The zero-order valence-corrected chi connectivity index (χ0v) is 17.4. The standard InChI is InChI=1S/C22H28N6O/c1-16-4-6-17(7-5-16)14-19(29)27-11-8-18(15-27)20-21-22(24-10-9-23-21)28(25-20)13-12-26(2)3/h4-7,9-10,18H,8,11-15H2,1-3H3/t18-/m0/s1. The monoisotopic (exact) mass is 392 g/mol. The van der Waals surface area contributed by atoms with Gasteiger partial charge in [-0.1, -0.05) is 29.8 Å². The molecule has 1 fully saturated rings. The van der Waals surface area contributed by atoms with Crippen molar-refractivity contribution in [1.29, 1.82) is 0 Å². The van der Waals surface area contributed by atoms with E-state index in [1.165, 1.54) is 5.56 Å². The lowest BCUT2D eigenvalue weighted by atomic mass is 10.0. The van der Waals surface area contributed by atoms with E-state index in [4.69, 9.17) is 5.10 Å². The Morgan fingerprint density at radius 3 is 2.69 bits per heavy atom. The molecule has 3 aromatic rings. The highest BCUT2D eigenvalue weighted by atomic mass is 16.2. The van der Waals surface area contributed by atoms with E-state index < -0.39 is 0 Å². The first-order valence-corrected chi connectivity index (χ1v) is 10.2. The van der Waals surface area contributed by atoms with E-state index in [1.807, 2.05) is 35.8 Å². The number of carbonyl (C=O) groups excluding carboxylic acids is 1. The molecule has 1 amide bonds. The third kappa shape index (κ3) is 4.29. The molecule has 1 aliphatic rings. The van der Waals surface area contributed by atoms with Gasteiger partial charge in [0.05, 0.1) is 18.7 Å². The highest BCUT2D eigenvalue weighted by molar-refractivity contribution is 5.79. The molecule has 0 unspecified atom stereocenters. The molecule has 0 aliphatic carbocycles. The van der Waals surface area contributed by atoms with Crippen molar-refractivity contribution in [2.24, 2.45) is 0 Å². The molecule has 0 spiro atoms. The zero-order chi connectivity index (χ0) is 20.4. The largest absolute Gasteiger partial charge is 0.342 e. The highest BCUT2D eigenvalue weighted by Gasteiger charge is 2.31. The molecule has 7 nitrogen and oxygen atoms in total. The maximum Gasteiger partial charge on any atom is 0.227 e. The third-order valence-electron chi connectivity index (χ3n) is 5.56. The Morgan fingerprint density at radius 1 is 1.17 bits per heavy atom. The van der Waals surface area contributed by atoms with E-state index >= 15 is 0 Å². The molecule has 0 bridgehead atoms. The number of aryl methyl sites for hydroxylation is 1. The number of carbonyl (C=O) groups is 1. The number of rotatable bonds is 6. The topological polar surface area (TPSA) is 67.2 Å². The molecule has 1 saturated heterocycles. The first kappa shape index (κ1) is 19.5. The van der Waals surface area contributed by atoms with Gasteiger partial charge < -0.3 is 9.80 Å². The van der Waals surface area contributed by atoms with Crippen LogP contribution in [0.4, 0.5) is 0 Å². The van der Waals surface area contributed by atoms with E-state index in [1.54, 1.807) is 12.4 Å². The Kier molecular flexibility index (Phi) is 5.58. The number of hydrogen-bond donors (Lipinski definition) is 0. The average Bonchev–Trinajstić information content (AvgIpc) is 3.33. The fourth-order valence-corrected chi connectivity index (χ4v) is 3.85. The second-order valence-electron chi connectivity index (χ2n) is 8.13. The molecule has 0 N–H and O–H groups in total. The molecule has 2 aromatic heterocycles. The quantitative estimate of drug-likeness (QED) is 0.644. The van der Waals surface area contributed by atoms with E-state index in [9.17, 15) is 4.79 Å². The summed E-state index contributed by atoms with van der Waals surface area (Å²) in [6.07, 6.45) is 4.80. The third-order valence-corrected chi connectivity index (χ3v) is 5.56. The fraction of sp³-hybridized carbons (Fsp3) is 0.455. The number of amides is 1. The van der Waals surface area contributed by atoms with Crippen molar-refractivity contribution in [2.75, 3.05) is 33.7 Å². The summed E-state index contributed by atoms with van der Waals surface area (Å²) in [4.78, 5) is 25.9. The Labute approximate surface area is 171 Å². The van der Waals surface area contributed by atoms with Crippen molar-refractivity contribution in [3.63, 3.8) is 0 Å². The lowest BCUT2D eigenvalue weighted by Gasteiger charge is -2.16. The minimum absolute atomic E-state index is 0.179. The normalized spacial score (nSPS) is 16.8. The lowest BCUT2D eigenvalue weighted by Crippen LogP contribution is -2.30. The Balaban J connectivity index is 1.49. The Morgan fingerprint density at radius 2 is 1.93 bits per heavy atom. The van der Waals surface area contributed by atoms with Crippen molar-refractivity contribution in [2.45, 2.75) is 32.2 Å². The molecule has 152 valence electrons. The van der Waals surface area contributed by atoms with Gasteiger partial charge in [0.1, 0.15) is 5.52 Å². The van der Waals surface area contributed by atoms with Gasteiger partial charge in [-0.25, -0.2) is 14.6 Å². The molecule has 1 aromatic carbocycles. The van der Waals surface area contributed by atoms with Gasteiger partial charge in [-0.3, -0.25) is 4.79 Å². The summed E-state index contributed by atoms with van der Waals surface area (Å²) >= 11 is 0. The van der Waals surface area contributed by atoms with Gasteiger partial charge in [-0.15, -0.1) is 0 Å². The van der Waals surface area contributed by atoms with Crippen LogP contribution in [0.25, 0.3) is 11.2 Å². The summed E-state index contributed by atoms with van der Waals surface area (Å²) in [5.74, 6) is 0.385. The maximum absolute atomic E-state index is 12.8. The van der Waals surface area contributed by atoms with Crippen LogP contribution in [0.3, 0.4) is 0 Å². The Hall–Kier alpha value is -2.80. The van der Waals surface area contributed by atoms with Crippen molar-refractivity contribution in [3.8, 4) is 0 Å². The van der Waals surface area contributed by atoms with Gasteiger partial charge in [0, 0.05) is 37.9 Å². The smallest absolute Gasteiger partial charge is 0.227 e. The van der Waals surface area contributed by atoms with Crippen LogP contribution in [-0.2, 0) is 17.8 Å². The first-order valence-electron chi connectivity index (χ1n) is 10.2. The molecule has 3 heterocycles. The van der Waals surface area contributed by atoms with E-state index in [0.29, 0.717) is 13.0 Å². The van der Waals surface area contributed by atoms with Gasteiger partial charge >= 0.3 is 0 Å². The number of nitrogens with zero attached hydrogens (tertiary/aromatic N) is 6. The van der Waals surface area contributed by atoms with Crippen LogP contribution in [0.2, 0.25) is 0 Å². The van der Waals surface area contributed by atoms with Gasteiger partial charge in [0.15, 0.2) is 5.65 Å². The number of likely N-dealkylation sites (tertiary alicyclic amines) is 1. The van der Waals surface area contributed by atoms with Crippen LogP contribution in [0.1, 0.15) is 29.2 Å². The summed E-state index contributed by atoms with van der Waals surface area (Å²) in [5, 5.41) is 4.86. The summed E-state index contributed by atoms with van der Waals surface area (Å²) < 4.78 is 1.95. The average molecular weight is 393 g/mol. The van der Waals surface area contributed by atoms with Crippen molar-refractivity contribution >= 4 is 17.1 Å². The number of likely N-dealkylation sites (N-methyl/N-ethyl adjacent to an activating group) is 1. The predicted molar refractivity (Wildman–Crippen MR) is 113 cm³/mol. The maximum atomic E-state index is 12.8. The SMILES string of the molecule is Cc1ccc(CC(=O)N2CC[C@H](c3nn(CCN(C)C)c4nccnc34)C2)cc1. The Bertz CT molecular complexity index is 994. The van der Waals surface area contributed by atoms with Gasteiger partial charge in [0.25, 0.3) is 0 Å². The van der Waals surface area contributed by atoms with Crippen LogP contribution in [0.15, 0.2) is 36.7 Å². The van der Waals surface area contributed by atoms with Crippen LogP contribution in [-0.4, -0.2) is 69.2 Å². The van der Waals surface area contributed by atoms with Crippen LogP contribution >= 0.6 is 0 Å². The molecule has 4 rings (SSSR count). The number of benzene rings is 1. The molecule has 7 heteroatoms. The second kappa shape index (κ2) is 8.29. The second-order valence-corrected chi connectivity index (χ2v) is 8.13. The molecular weight excluding hydrogens is 364 g/mol. The predicted octanol–water partition coefficient (Wildman–Crippen LogP) is 2.25. The highest BCUT2D eigenvalue weighted by Crippen LogP contribution is 2.30. The van der Waals surface area contributed by atoms with Gasteiger partial charge in [-0.05, 0) is 33.0 Å². The van der Waals surface area contributed by atoms with Crippen LogP contribution in [0.5, 0.6) is 0 Å². The van der Waals surface area contributed by atoms with Crippen LogP contribution < -0.4 is 0 Å². The van der Waals surface area contributed by atoms with E-state index in [-0.39, 0.29) is 11.8 Å². The number of hydrogen-bond acceptors (Lipinski definition) is 5. The number of aromatic nitrogens is 4. The summed E-state index contributed by atoms with van der Waals surface area (Å²) in [6.45, 7) is 5.17. The molecule has 0 radical (unpaired) electrons. The van der Waals surface area contributed by atoms with E-state index in [0.717, 1.165) is 48.5 Å². The van der Waals surface area contributed by atoms with Crippen molar-refractivity contribution in [3.05, 3.63) is 53.5 Å². The minimum atomic E-state index is 0.179. The van der Waals surface area contributed by atoms with Crippen LogP contribution in [0, 0.1) is 6.92 Å². The molecule has 0 saturated carbocycles. The molecular formula is C22H28N6O. The molecule has 1 atom stereocenters. The van der Waals surface area contributed by atoms with Crippen molar-refractivity contribution < 1.29 is 4.79 Å². The van der Waals surface area contributed by atoms with Crippen molar-refractivity contribution in [1.82, 2.24) is 29.5 Å². The van der Waals surface area contributed by atoms with Gasteiger partial charge in [-0.2, -0.15) is 5.10 Å². The molecule has 29 heavy (non-hydrogen) atoms. The lowest BCUT2D eigenvalue weighted by molar-refractivity contribution is -0.129. The van der Waals surface area contributed by atoms with E-state index in [2.05, 4.69) is 33.9 Å². The first-order chi connectivity index (χ1) is 14.0. The summed E-state index contributed by atoms with van der Waals surface area (Å²) in [6, 6.07) is 8.19.